The maximum atomic E-state index is 11.1. The molecule has 4 rings (SSSR count). The molecular weight excluding hydrogens is 392 g/mol. The van der Waals surface area contributed by atoms with Crippen molar-refractivity contribution in [2.75, 3.05) is 43.5 Å². The smallest absolute Gasteiger partial charge is 0.229 e. The normalized spacial score (nSPS) is 17.8. The highest BCUT2D eigenvalue weighted by Crippen LogP contribution is 2.42. The van der Waals surface area contributed by atoms with Crippen molar-refractivity contribution in [3.8, 4) is 0 Å². The molecule has 1 atom stereocenters. The molecule has 1 saturated carbocycles. The van der Waals surface area contributed by atoms with E-state index in [1.54, 1.807) is 0 Å². The molecule has 0 spiro atoms. The maximum Gasteiger partial charge on any atom is 0.229 e. The number of nitrogens with two attached hydrogens (primary N) is 1. The molecule has 1 saturated heterocycles. The van der Waals surface area contributed by atoms with Crippen LogP contribution in [-0.2, 0) is 16.0 Å². The summed E-state index contributed by atoms with van der Waals surface area (Å²) in [6.45, 7) is 6.36. The fourth-order valence-electron chi connectivity index (χ4n) is 3.98. The van der Waals surface area contributed by atoms with Crippen LogP contribution in [0.3, 0.4) is 0 Å². The Bertz CT molecular complexity index is 895. The number of nitrogens with zero attached hydrogens (tertiary/aromatic N) is 3. The minimum absolute atomic E-state index is 0.278. The number of primary amides is 1. The van der Waals surface area contributed by atoms with Gasteiger partial charge in [0.15, 0.2) is 0 Å². The van der Waals surface area contributed by atoms with Crippen LogP contribution >= 0.6 is 0 Å². The van der Waals surface area contributed by atoms with Crippen LogP contribution in [0.5, 0.6) is 0 Å². The Morgan fingerprint density at radius 3 is 2.87 bits per heavy atom. The Balaban J connectivity index is 1.42. The standard InChI is InChI=1S/C23H32N6O2/c1-16(29-9-11-31-12-10-29)13-17-3-2-4-19(14-17)27-23-26-15-20(18-5-6-18)22(28-23)25-8-7-21(24)30/h2-4,14-16,18H,5-13H2,1H3,(H2,24,30)(H2,25,26,27,28). The van der Waals surface area contributed by atoms with Gasteiger partial charge in [-0.1, -0.05) is 12.1 Å². The summed E-state index contributed by atoms with van der Waals surface area (Å²) in [6.07, 6.45) is 5.47. The van der Waals surface area contributed by atoms with Crippen LogP contribution < -0.4 is 16.4 Å². The molecule has 1 amide bonds. The molecule has 166 valence electrons. The summed E-state index contributed by atoms with van der Waals surface area (Å²) in [5.74, 6) is 1.52. The quantitative estimate of drug-likeness (QED) is 0.538. The van der Waals surface area contributed by atoms with Gasteiger partial charge in [0.1, 0.15) is 5.82 Å². The number of carbonyl (C=O) groups is 1. The number of benzene rings is 1. The van der Waals surface area contributed by atoms with E-state index in [0.29, 0.717) is 24.5 Å². The average molecular weight is 425 g/mol. The second-order valence-corrected chi connectivity index (χ2v) is 8.44. The lowest BCUT2D eigenvalue weighted by atomic mass is 10.0. The molecule has 8 heteroatoms. The zero-order valence-electron chi connectivity index (χ0n) is 18.1. The van der Waals surface area contributed by atoms with Crippen LogP contribution in [-0.4, -0.2) is 59.7 Å². The Kier molecular flexibility index (Phi) is 6.99. The van der Waals surface area contributed by atoms with Crippen molar-refractivity contribution in [1.29, 1.82) is 0 Å². The summed E-state index contributed by atoms with van der Waals surface area (Å²) >= 11 is 0. The number of hydrogen-bond donors (Lipinski definition) is 3. The van der Waals surface area contributed by atoms with Crippen molar-refractivity contribution in [1.82, 2.24) is 14.9 Å². The van der Waals surface area contributed by atoms with Gasteiger partial charge in [0.05, 0.1) is 13.2 Å². The van der Waals surface area contributed by atoms with E-state index in [9.17, 15) is 4.79 Å². The Morgan fingerprint density at radius 2 is 2.13 bits per heavy atom. The monoisotopic (exact) mass is 424 g/mol. The third-order valence-corrected chi connectivity index (χ3v) is 5.88. The number of carbonyl (C=O) groups excluding carboxylic acids is 1. The first-order chi connectivity index (χ1) is 15.1. The molecule has 2 fully saturated rings. The predicted octanol–water partition coefficient (Wildman–Crippen LogP) is 2.65. The van der Waals surface area contributed by atoms with Crippen LogP contribution in [0.15, 0.2) is 30.5 Å². The second kappa shape index (κ2) is 10.1. The molecule has 8 nitrogen and oxygen atoms in total. The molecular formula is C23H32N6O2. The van der Waals surface area contributed by atoms with Gasteiger partial charge in [0.25, 0.3) is 0 Å². The van der Waals surface area contributed by atoms with Gasteiger partial charge in [-0.2, -0.15) is 4.98 Å². The van der Waals surface area contributed by atoms with Crippen LogP contribution in [0.4, 0.5) is 17.5 Å². The lowest BCUT2D eigenvalue weighted by Crippen LogP contribution is -2.43. The number of rotatable bonds is 10. The second-order valence-electron chi connectivity index (χ2n) is 8.44. The fraction of sp³-hybridized carbons (Fsp3) is 0.522. The molecule has 0 radical (unpaired) electrons. The number of amides is 1. The van der Waals surface area contributed by atoms with Gasteiger partial charge in [-0.05, 0) is 49.8 Å². The fourth-order valence-corrected chi connectivity index (χ4v) is 3.98. The van der Waals surface area contributed by atoms with Gasteiger partial charge < -0.3 is 21.1 Å². The zero-order valence-corrected chi connectivity index (χ0v) is 18.1. The third-order valence-electron chi connectivity index (χ3n) is 5.88. The van der Waals surface area contributed by atoms with E-state index in [-0.39, 0.29) is 12.3 Å². The highest BCUT2D eigenvalue weighted by molar-refractivity contribution is 5.74. The third kappa shape index (κ3) is 6.15. The van der Waals surface area contributed by atoms with E-state index in [1.807, 2.05) is 12.3 Å². The van der Waals surface area contributed by atoms with Crippen molar-refractivity contribution in [2.24, 2.45) is 5.73 Å². The van der Waals surface area contributed by atoms with Crippen molar-refractivity contribution < 1.29 is 9.53 Å². The minimum Gasteiger partial charge on any atom is -0.379 e. The molecule has 1 aliphatic carbocycles. The summed E-state index contributed by atoms with van der Waals surface area (Å²) in [7, 11) is 0. The van der Waals surface area contributed by atoms with Crippen LogP contribution in [0.2, 0.25) is 0 Å². The van der Waals surface area contributed by atoms with E-state index in [2.05, 4.69) is 50.6 Å². The SMILES string of the molecule is CC(Cc1cccc(Nc2ncc(C3CC3)c(NCCC(N)=O)n2)c1)N1CCOCC1. The maximum absolute atomic E-state index is 11.1. The first kappa shape index (κ1) is 21.5. The average Bonchev–Trinajstić information content (AvgIpc) is 3.60. The largest absolute Gasteiger partial charge is 0.379 e. The Hall–Kier alpha value is -2.71. The number of nitrogens with one attached hydrogen (secondary N) is 2. The van der Waals surface area contributed by atoms with Crippen molar-refractivity contribution in [3.05, 3.63) is 41.6 Å². The summed E-state index contributed by atoms with van der Waals surface area (Å²) in [6, 6.07) is 8.88. The van der Waals surface area contributed by atoms with E-state index < -0.39 is 0 Å². The van der Waals surface area contributed by atoms with Gasteiger partial charge in [-0.15, -0.1) is 0 Å². The van der Waals surface area contributed by atoms with Gasteiger partial charge in [-0.25, -0.2) is 4.98 Å². The van der Waals surface area contributed by atoms with E-state index in [4.69, 9.17) is 10.5 Å². The van der Waals surface area contributed by atoms with Crippen LogP contribution in [0, 0.1) is 0 Å². The molecule has 0 bridgehead atoms. The molecule has 1 unspecified atom stereocenters. The zero-order chi connectivity index (χ0) is 21.6. The summed E-state index contributed by atoms with van der Waals surface area (Å²) in [4.78, 5) is 22.8. The molecule has 2 heterocycles. The molecule has 1 aromatic heterocycles. The molecule has 1 aromatic carbocycles. The van der Waals surface area contributed by atoms with Crippen molar-refractivity contribution in [2.45, 2.75) is 44.6 Å². The van der Waals surface area contributed by atoms with Gasteiger partial charge >= 0.3 is 0 Å². The number of anilines is 3. The van der Waals surface area contributed by atoms with Crippen molar-refractivity contribution >= 4 is 23.4 Å². The summed E-state index contributed by atoms with van der Waals surface area (Å²) in [5, 5.41) is 6.59. The summed E-state index contributed by atoms with van der Waals surface area (Å²) in [5.41, 5.74) is 8.62. The van der Waals surface area contributed by atoms with Gasteiger partial charge in [-0.3, -0.25) is 9.69 Å². The predicted molar refractivity (Wildman–Crippen MR) is 122 cm³/mol. The number of morpholine rings is 1. The Morgan fingerprint density at radius 1 is 1.32 bits per heavy atom. The lowest BCUT2D eigenvalue weighted by molar-refractivity contribution is -0.117. The van der Waals surface area contributed by atoms with Crippen LogP contribution in [0.25, 0.3) is 0 Å². The molecule has 31 heavy (non-hydrogen) atoms. The lowest BCUT2D eigenvalue weighted by Gasteiger charge is -2.32. The number of hydrogen-bond acceptors (Lipinski definition) is 7. The van der Waals surface area contributed by atoms with E-state index in [0.717, 1.165) is 62.6 Å². The van der Waals surface area contributed by atoms with Crippen molar-refractivity contribution in [3.63, 3.8) is 0 Å². The number of aromatic nitrogens is 2. The summed E-state index contributed by atoms with van der Waals surface area (Å²) < 4.78 is 5.46. The minimum atomic E-state index is -0.323. The molecule has 2 aliphatic rings. The van der Waals surface area contributed by atoms with E-state index in [1.165, 1.54) is 5.56 Å². The Labute approximate surface area is 183 Å². The molecule has 4 N–H and O–H groups in total. The van der Waals surface area contributed by atoms with Crippen LogP contribution in [0.1, 0.15) is 43.2 Å². The van der Waals surface area contributed by atoms with Gasteiger partial charge in [0.2, 0.25) is 11.9 Å². The first-order valence-electron chi connectivity index (χ1n) is 11.2. The highest BCUT2D eigenvalue weighted by atomic mass is 16.5. The molecule has 1 aliphatic heterocycles. The molecule has 2 aromatic rings. The number of ether oxygens (including phenoxy) is 1. The topological polar surface area (TPSA) is 105 Å². The first-order valence-corrected chi connectivity index (χ1v) is 11.2. The van der Waals surface area contributed by atoms with Gasteiger partial charge in [0, 0.05) is 49.5 Å². The highest BCUT2D eigenvalue weighted by Gasteiger charge is 2.27. The van der Waals surface area contributed by atoms with E-state index >= 15 is 0 Å².